The van der Waals surface area contributed by atoms with E-state index < -0.39 is 5.97 Å². The van der Waals surface area contributed by atoms with Gasteiger partial charge in [0.15, 0.2) is 5.82 Å². The number of nitrogens with zero attached hydrogens (tertiary/aromatic N) is 2. The standard InChI is InChI=1S/C12H14N2O2/c1-5-10(12(15)16)11(13-4)14-8(2)6-7-9(14)3/h5-7H,1,4H2,2-3H3,(H,15,16)/b11-10-. The molecular weight excluding hydrogens is 204 g/mol. The molecule has 0 saturated carbocycles. The summed E-state index contributed by atoms with van der Waals surface area (Å²) in [4.78, 5) is 14.8. The van der Waals surface area contributed by atoms with Crippen LogP contribution in [-0.4, -0.2) is 22.4 Å². The van der Waals surface area contributed by atoms with Crippen LogP contribution in [0.1, 0.15) is 11.4 Å². The van der Waals surface area contributed by atoms with Crippen LogP contribution in [-0.2, 0) is 4.79 Å². The predicted molar refractivity (Wildman–Crippen MR) is 64.5 cm³/mol. The highest BCUT2D eigenvalue weighted by atomic mass is 16.4. The summed E-state index contributed by atoms with van der Waals surface area (Å²) in [7, 11) is 0. The molecule has 1 aromatic heterocycles. The van der Waals surface area contributed by atoms with E-state index in [1.165, 1.54) is 6.08 Å². The number of aliphatic imine (C=N–C) groups is 1. The molecule has 4 heteroatoms. The summed E-state index contributed by atoms with van der Waals surface area (Å²) in [5.41, 5.74) is 1.85. The van der Waals surface area contributed by atoms with E-state index in [-0.39, 0.29) is 5.57 Å². The van der Waals surface area contributed by atoms with Gasteiger partial charge in [0.25, 0.3) is 0 Å². The van der Waals surface area contributed by atoms with E-state index in [0.717, 1.165) is 11.4 Å². The molecule has 0 fully saturated rings. The normalized spacial score (nSPS) is 11.9. The van der Waals surface area contributed by atoms with Crippen molar-refractivity contribution in [3.63, 3.8) is 0 Å². The Balaban J connectivity index is 3.54. The molecule has 0 spiro atoms. The van der Waals surface area contributed by atoms with Crippen LogP contribution in [0.3, 0.4) is 0 Å². The van der Waals surface area contributed by atoms with E-state index in [1.807, 2.05) is 26.0 Å². The highest BCUT2D eigenvalue weighted by Gasteiger charge is 2.14. The molecule has 0 unspecified atom stereocenters. The molecule has 1 heterocycles. The minimum Gasteiger partial charge on any atom is -0.478 e. The lowest BCUT2D eigenvalue weighted by molar-refractivity contribution is -0.132. The molecule has 84 valence electrons. The minimum atomic E-state index is -1.06. The van der Waals surface area contributed by atoms with Crippen LogP contribution < -0.4 is 0 Å². The molecule has 0 amide bonds. The largest absolute Gasteiger partial charge is 0.478 e. The molecule has 16 heavy (non-hydrogen) atoms. The van der Waals surface area contributed by atoms with Gasteiger partial charge in [-0.05, 0) is 32.7 Å². The van der Waals surface area contributed by atoms with Crippen LogP contribution in [0.15, 0.2) is 35.4 Å². The second-order valence-electron chi connectivity index (χ2n) is 3.36. The number of carboxylic acid groups (broad SMARTS) is 1. The number of aromatic nitrogens is 1. The molecule has 0 radical (unpaired) electrons. The van der Waals surface area contributed by atoms with Crippen molar-refractivity contribution < 1.29 is 9.90 Å². The van der Waals surface area contributed by atoms with Gasteiger partial charge in [0.2, 0.25) is 0 Å². The average Bonchev–Trinajstić information content (AvgIpc) is 2.55. The smallest absolute Gasteiger partial charge is 0.339 e. The fraction of sp³-hybridized carbons (Fsp3) is 0.167. The van der Waals surface area contributed by atoms with Gasteiger partial charge in [-0.25, -0.2) is 9.79 Å². The van der Waals surface area contributed by atoms with E-state index in [2.05, 4.69) is 18.3 Å². The van der Waals surface area contributed by atoms with Gasteiger partial charge in [-0.2, -0.15) is 0 Å². The molecule has 1 rings (SSSR count). The summed E-state index contributed by atoms with van der Waals surface area (Å²) >= 11 is 0. The maximum atomic E-state index is 11.0. The van der Waals surface area contributed by atoms with Gasteiger partial charge >= 0.3 is 5.97 Å². The Morgan fingerprint density at radius 2 is 1.94 bits per heavy atom. The van der Waals surface area contributed by atoms with E-state index in [9.17, 15) is 4.79 Å². The van der Waals surface area contributed by atoms with Crippen LogP contribution in [0.2, 0.25) is 0 Å². The summed E-state index contributed by atoms with van der Waals surface area (Å²) in [5.74, 6) is -0.771. The number of hydrogen-bond donors (Lipinski definition) is 1. The number of carbonyl (C=O) groups is 1. The van der Waals surface area contributed by atoms with Gasteiger partial charge in [-0.3, -0.25) is 0 Å². The first kappa shape index (κ1) is 12.0. The fourth-order valence-corrected chi connectivity index (χ4v) is 1.55. The Bertz CT molecular complexity index is 462. The summed E-state index contributed by atoms with van der Waals surface area (Å²) in [6.07, 6.45) is 1.27. The monoisotopic (exact) mass is 218 g/mol. The lowest BCUT2D eigenvalue weighted by atomic mass is 10.2. The van der Waals surface area contributed by atoms with E-state index in [0.29, 0.717) is 5.82 Å². The van der Waals surface area contributed by atoms with Crippen molar-refractivity contribution >= 4 is 18.5 Å². The topological polar surface area (TPSA) is 54.6 Å². The zero-order valence-electron chi connectivity index (χ0n) is 9.40. The zero-order chi connectivity index (χ0) is 12.3. The van der Waals surface area contributed by atoms with Crippen molar-refractivity contribution in [3.05, 3.63) is 41.7 Å². The number of hydrogen-bond acceptors (Lipinski definition) is 2. The molecule has 0 aliphatic carbocycles. The van der Waals surface area contributed by atoms with Gasteiger partial charge in [0.05, 0.1) is 0 Å². The summed E-state index contributed by atoms with van der Waals surface area (Å²) in [5, 5.41) is 9.03. The van der Waals surface area contributed by atoms with Gasteiger partial charge in [0.1, 0.15) is 5.57 Å². The van der Waals surface area contributed by atoms with Crippen molar-refractivity contribution in [2.45, 2.75) is 13.8 Å². The van der Waals surface area contributed by atoms with E-state index >= 15 is 0 Å². The first-order chi connectivity index (χ1) is 7.52. The van der Waals surface area contributed by atoms with Gasteiger partial charge in [0, 0.05) is 11.4 Å². The lowest BCUT2D eigenvalue weighted by Gasteiger charge is -2.11. The SMILES string of the molecule is C=C/C(C(=O)O)=C(\N=C)n1c(C)ccc1C. The molecule has 0 aliphatic rings. The molecule has 0 bridgehead atoms. The average molecular weight is 218 g/mol. The Hall–Kier alpha value is -2.10. The Kier molecular flexibility index (Phi) is 3.45. The molecule has 1 aromatic rings. The quantitative estimate of drug-likeness (QED) is 0.478. The highest BCUT2D eigenvalue weighted by Crippen LogP contribution is 2.19. The van der Waals surface area contributed by atoms with Crippen LogP contribution in [0, 0.1) is 13.8 Å². The van der Waals surface area contributed by atoms with Crippen LogP contribution in [0.25, 0.3) is 5.82 Å². The third-order valence-corrected chi connectivity index (χ3v) is 2.31. The Morgan fingerprint density at radius 1 is 1.44 bits per heavy atom. The summed E-state index contributed by atoms with van der Waals surface area (Å²) < 4.78 is 1.73. The number of rotatable bonds is 4. The van der Waals surface area contributed by atoms with Crippen molar-refractivity contribution in [2.75, 3.05) is 0 Å². The molecule has 4 nitrogen and oxygen atoms in total. The Morgan fingerprint density at radius 3 is 2.25 bits per heavy atom. The van der Waals surface area contributed by atoms with Gasteiger partial charge in [-0.15, -0.1) is 0 Å². The number of aryl methyl sites for hydroxylation is 2. The highest BCUT2D eigenvalue weighted by molar-refractivity contribution is 5.96. The van der Waals surface area contributed by atoms with Crippen molar-refractivity contribution in [1.29, 1.82) is 0 Å². The predicted octanol–water partition coefficient (Wildman–Crippen LogP) is 2.24. The van der Waals surface area contributed by atoms with Crippen LogP contribution in [0.4, 0.5) is 0 Å². The molecule has 0 aliphatic heterocycles. The van der Waals surface area contributed by atoms with E-state index in [4.69, 9.17) is 5.11 Å². The molecular formula is C12H14N2O2. The molecule has 0 aromatic carbocycles. The second-order valence-corrected chi connectivity index (χ2v) is 3.36. The van der Waals surface area contributed by atoms with Gasteiger partial charge < -0.3 is 9.67 Å². The number of carboxylic acids is 1. The molecule has 0 atom stereocenters. The maximum Gasteiger partial charge on any atom is 0.339 e. The van der Waals surface area contributed by atoms with Crippen molar-refractivity contribution in [1.82, 2.24) is 4.57 Å². The Labute approximate surface area is 94.2 Å². The third kappa shape index (κ3) is 1.95. The zero-order valence-corrected chi connectivity index (χ0v) is 9.40. The minimum absolute atomic E-state index is 0.0393. The fourth-order valence-electron chi connectivity index (χ4n) is 1.55. The summed E-state index contributed by atoms with van der Waals surface area (Å²) in [6.45, 7) is 10.6. The second kappa shape index (κ2) is 4.61. The lowest BCUT2D eigenvalue weighted by Crippen LogP contribution is -2.08. The molecule has 1 N–H and O–H groups in total. The van der Waals surface area contributed by atoms with Gasteiger partial charge in [-0.1, -0.05) is 12.7 Å². The number of aliphatic carboxylic acids is 1. The van der Waals surface area contributed by atoms with Crippen LogP contribution >= 0.6 is 0 Å². The first-order valence-corrected chi connectivity index (χ1v) is 4.75. The molecule has 0 saturated heterocycles. The summed E-state index contributed by atoms with van der Waals surface area (Å²) in [6, 6.07) is 3.78. The first-order valence-electron chi connectivity index (χ1n) is 4.75. The van der Waals surface area contributed by atoms with Crippen LogP contribution in [0.5, 0.6) is 0 Å². The van der Waals surface area contributed by atoms with Crippen molar-refractivity contribution in [3.8, 4) is 0 Å². The maximum absolute atomic E-state index is 11.0. The van der Waals surface area contributed by atoms with E-state index in [1.54, 1.807) is 4.57 Å². The van der Waals surface area contributed by atoms with Crippen molar-refractivity contribution in [2.24, 2.45) is 4.99 Å². The third-order valence-electron chi connectivity index (χ3n) is 2.31.